The standard InChI is InChI=1S/C21H25F2NO7S/c1-20(2,6-8-30-21(3,4)32)24(7-5-14(25)26)18(28)12-9-11-10-13(22)16(27)15(23)17(11)31-19(12)29/h9-10,27,32H,5-8H2,1-4H3,(H,25,26). The Kier molecular flexibility index (Phi) is 7.56. The zero-order valence-corrected chi connectivity index (χ0v) is 19.0. The van der Waals surface area contributed by atoms with Gasteiger partial charge in [0, 0.05) is 17.5 Å². The van der Waals surface area contributed by atoms with Gasteiger partial charge in [-0.15, -0.1) is 12.6 Å². The summed E-state index contributed by atoms with van der Waals surface area (Å²) in [5.41, 5.74) is -3.41. The quantitative estimate of drug-likeness (QED) is 0.290. The Morgan fingerprint density at radius 3 is 2.41 bits per heavy atom. The van der Waals surface area contributed by atoms with Crippen LogP contribution in [0.5, 0.6) is 5.75 Å². The van der Waals surface area contributed by atoms with Crippen LogP contribution >= 0.6 is 12.6 Å². The SMILES string of the molecule is CC(C)(S)OCCC(C)(C)N(CCC(=O)O)C(=O)c1cc2cc(F)c(O)c(F)c2oc1=O. The van der Waals surface area contributed by atoms with Crippen LogP contribution in [0.25, 0.3) is 11.0 Å². The van der Waals surface area contributed by atoms with Gasteiger partial charge in [-0.2, -0.15) is 4.39 Å². The molecule has 8 nitrogen and oxygen atoms in total. The number of carboxylic acids is 1. The monoisotopic (exact) mass is 473 g/mol. The van der Waals surface area contributed by atoms with Gasteiger partial charge in [0.05, 0.1) is 13.0 Å². The zero-order chi connectivity index (χ0) is 24.4. The topological polar surface area (TPSA) is 117 Å². The van der Waals surface area contributed by atoms with Crippen LogP contribution in [-0.4, -0.2) is 50.6 Å². The minimum absolute atomic E-state index is 0.183. The molecular weight excluding hydrogens is 448 g/mol. The summed E-state index contributed by atoms with van der Waals surface area (Å²) in [6.07, 6.45) is -0.122. The lowest BCUT2D eigenvalue weighted by Crippen LogP contribution is -2.50. The number of carbonyl (C=O) groups is 2. The third kappa shape index (κ3) is 5.98. The Morgan fingerprint density at radius 2 is 1.84 bits per heavy atom. The number of halogens is 2. The van der Waals surface area contributed by atoms with Crippen molar-refractivity contribution in [3.05, 3.63) is 39.8 Å². The molecule has 32 heavy (non-hydrogen) atoms. The fraction of sp³-hybridized carbons (Fsp3) is 0.476. The van der Waals surface area contributed by atoms with E-state index in [1.54, 1.807) is 27.7 Å². The van der Waals surface area contributed by atoms with Crippen molar-refractivity contribution in [3.63, 3.8) is 0 Å². The van der Waals surface area contributed by atoms with E-state index in [1.165, 1.54) is 4.90 Å². The highest BCUT2D eigenvalue weighted by Crippen LogP contribution is 2.29. The van der Waals surface area contributed by atoms with Crippen LogP contribution in [0.15, 0.2) is 21.3 Å². The molecule has 0 aliphatic carbocycles. The summed E-state index contributed by atoms with van der Waals surface area (Å²) in [7, 11) is 0. The number of phenolic OH excluding ortho intramolecular Hbond substituents is 1. The number of hydrogen-bond donors (Lipinski definition) is 3. The maximum atomic E-state index is 14.1. The number of carboxylic acid groups (broad SMARTS) is 1. The summed E-state index contributed by atoms with van der Waals surface area (Å²) >= 11 is 4.26. The molecule has 2 N–H and O–H groups in total. The molecule has 1 amide bonds. The number of phenols is 1. The van der Waals surface area contributed by atoms with E-state index in [-0.39, 0.29) is 25.0 Å². The van der Waals surface area contributed by atoms with Crippen LogP contribution in [0.4, 0.5) is 8.78 Å². The van der Waals surface area contributed by atoms with Gasteiger partial charge in [-0.3, -0.25) is 9.59 Å². The largest absolute Gasteiger partial charge is 0.503 e. The first kappa shape index (κ1) is 25.6. The molecule has 1 aromatic carbocycles. The number of aromatic hydroxyl groups is 1. The number of fused-ring (bicyclic) bond motifs is 1. The van der Waals surface area contributed by atoms with Gasteiger partial charge < -0.3 is 24.3 Å². The lowest BCUT2D eigenvalue weighted by Gasteiger charge is -2.39. The van der Waals surface area contributed by atoms with E-state index in [9.17, 15) is 28.3 Å². The minimum atomic E-state index is -1.47. The minimum Gasteiger partial charge on any atom is -0.503 e. The predicted molar refractivity (Wildman–Crippen MR) is 115 cm³/mol. The van der Waals surface area contributed by atoms with Crippen molar-refractivity contribution in [1.82, 2.24) is 4.90 Å². The van der Waals surface area contributed by atoms with Crippen LogP contribution < -0.4 is 5.63 Å². The van der Waals surface area contributed by atoms with Crippen molar-refractivity contribution in [2.45, 2.75) is 51.0 Å². The first-order valence-electron chi connectivity index (χ1n) is 9.69. The Morgan fingerprint density at radius 1 is 1.22 bits per heavy atom. The molecule has 0 atom stereocenters. The molecular formula is C21H25F2NO7S. The molecule has 1 heterocycles. The second-order valence-electron chi connectivity index (χ2n) is 8.35. The smallest absolute Gasteiger partial charge is 0.349 e. The number of ether oxygens (including phenoxy) is 1. The number of thiol groups is 1. The molecule has 0 aliphatic heterocycles. The van der Waals surface area contributed by atoms with Crippen molar-refractivity contribution < 1.29 is 37.7 Å². The van der Waals surface area contributed by atoms with Crippen molar-refractivity contribution in [2.24, 2.45) is 0 Å². The van der Waals surface area contributed by atoms with Crippen LogP contribution in [0.3, 0.4) is 0 Å². The zero-order valence-electron chi connectivity index (χ0n) is 18.1. The molecule has 0 aliphatic rings. The molecule has 176 valence electrons. The average molecular weight is 473 g/mol. The van der Waals surface area contributed by atoms with Gasteiger partial charge in [0.1, 0.15) is 10.5 Å². The van der Waals surface area contributed by atoms with Gasteiger partial charge >= 0.3 is 11.6 Å². The molecule has 2 aromatic rings. The van der Waals surface area contributed by atoms with Gasteiger partial charge in [-0.25, -0.2) is 9.18 Å². The Labute approximate surface area is 188 Å². The van der Waals surface area contributed by atoms with Gasteiger partial charge in [-0.05, 0) is 46.2 Å². The molecule has 0 bridgehead atoms. The molecule has 11 heteroatoms. The number of amides is 1. The van der Waals surface area contributed by atoms with Crippen LogP contribution in [-0.2, 0) is 9.53 Å². The summed E-state index contributed by atoms with van der Waals surface area (Å²) < 4.78 is 38.2. The molecule has 0 unspecified atom stereocenters. The fourth-order valence-corrected chi connectivity index (χ4v) is 3.14. The number of rotatable bonds is 9. The maximum Gasteiger partial charge on any atom is 0.349 e. The van der Waals surface area contributed by atoms with E-state index in [0.717, 1.165) is 12.1 Å². The van der Waals surface area contributed by atoms with E-state index >= 15 is 0 Å². The first-order valence-corrected chi connectivity index (χ1v) is 10.1. The molecule has 0 spiro atoms. The second-order valence-corrected chi connectivity index (χ2v) is 9.42. The summed E-state index contributed by atoms with van der Waals surface area (Å²) in [6.45, 7) is 6.74. The number of benzene rings is 1. The Balaban J connectivity index is 2.47. The van der Waals surface area contributed by atoms with Gasteiger partial charge in [0.25, 0.3) is 5.91 Å². The van der Waals surface area contributed by atoms with Gasteiger partial charge in [0.15, 0.2) is 17.1 Å². The summed E-state index contributed by atoms with van der Waals surface area (Å²) in [6, 6.07) is 1.68. The number of carbonyl (C=O) groups excluding carboxylic acids is 1. The normalized spacial score (nSPS) is 12.2. The highest BCUT2D eigenvalue weighted by atomic mass is 32.1. The Hall–Kier alpha value is -2.66. The molecule has 0 fully saturated rings. The highest BCUT2D eigenvalue weighted by Gasteiger charge is 2.34. The average Bonchev–Trinajstić information content (AvgIpc) is 2.65. The fourth-order valence-electron chi connectivity index (χ4n) is 3.05. The lowest BCUT2D eigenvalue weighted by atomic mass is 9.96. The summed E-state index contributed by atoms with van der Waals surface area (Å²) in [4.78, 5) is 37.3. The van der Waals surface area contributed by atoms with Crippen LogP contribution in [0.2, 0.25) is 0 Å². The van der Waals surface area contributed by atoms with Crippen LogP contribution in [0, 0.1) is 11.6 Å². The van der Waals surface area contributed by atoms with E-state index in [2.05, 4.69) is 12.6 Å². The molecule has 1 aromatic heterocycles. The highest BCUT2D eigenvalue weighted by molar-refractivity contribution is 7.81. The Bertz CT molecular complexity index is 1090. The van der Waals surface area contributed by atoms with Crippen molar-refractivity contribution in [2.75, 3.05) is 13.2 Å². The molecule has 0 radical (unpaired) electrons. The predicted octanol–water partition coefficient (Wildman–Crippen LogP) is 3.54. The number of nitrogens with zero attached hydrogens (tertiary/aromatic N) is 1. The molecule has 2 rings (SSSR count). The van der Waals surface area contributed by atoms with E-state index in [4.69, 9.17) is 14.3 Å². The number of hydrogen-bond acceptors (Lipinski definition) is 7. The maximum absolute atomic E-state index is 14.1. The third-order valence-corrected chi connectivity index (χ3v) is 4.95. The first-order chi connectivity index (χ1) is 14.6. The van der Waals surface area contributed by atoms with Crippen molar-refractivity contribution in [1.29, 1.82) is 0 Å². The van der Waals surface area contributed by atoms with Crippen molar-refractivity contribution >= 4 is 35.5 Å². The molecule has 0 saturated carbocycles. The van der Waals surface area contributed by atoms with E-state index in [1.807, 2.05) is 0 Å². The molecule has 0 saturated heterocycles. The van der Waals surface area contributed by atoms with Crippen LogP contribution in [0.1, 0.15) is 50.9 Å². The summed E-state index contributed by atoms with van der Waals surface area (Å²) in [5.74, 6) is -6.10. The lowest BCUT2D eigenvalue weighted by molar-refractivity contribution is -0.137. The number of aliphatic carboxylic acids is 1. The van der Waals surface area contributed by atoms with Gasteiger partial charge in [-0.1, -0.05) is 0 Å². The van der Waals surface area contributed by atoms with E-state index in [0.29, 0.717) is 0 Å². The van der Waals surface area contributed by atoms with E-state index < -0.39 is 62.9 Å². The summed E-state index contributed by atoms with van der Waals surface area (Å²) in [5, 5.41) is 18.2. The van der Waals surface area contributed by atoms with Crippen molar-refractivity contribution in [3.8, 4) is 5.75 Å². The third-order valence-electron chi connectivity index (χ3n) is 4.82. The van der Waals surface area contributed by atoms with Gasteiger partial charge in [0.2, 0.25) is 5.82 Å². The second kappa shape index (κ2) is 9.45.